The van der Waals surface area contributed by atoms with Gasteiger partial charge in [0.25, 0.3) is 0 Å². The first-order valence-corrected chi connectivity index (χ1v) is 9.18. The fourth-order valence-corrected chi connectivity index (χ4v) is 3.16. The minimum Gasteiger partial charge on any atom is -0.487 e. The zero-order valence-electron chi connectivity index (χ0n) is 16.4. The highest BCUT2D eigenvalue weighted by molar-refractivity contribution is 5.64. The Hall–Kier alpha value is -2.94. The van der Waals surface area contributed by atoms with E-state index in [1.807, 2.05) is 32.6 Å². The van der Waals surface area contributed by atoms with E-state index >= 15 is 0 Å². The molecule has 2 heterocycles. The number of aromatic nitrogens is 2. The van der Waals surface area contributed by atoms with Gasteiger partial charge in [0.15, 0.2) is 11.5 Å². The maximum atomic E-state index is 11.9. The van der Waals surface area contributed by atoms with Gasteiger partial charge in [-0.25, -0.2) is 4.98 Å². The molecule has 9 heteroatoms. The van der Waals surface area contributed by atoms with E-state index in [-0.39, 0.29) is 35.7 Å². The van der Waals surface area contributed by atoms with Crippen molar-refractivity contribution >= 4 is 11.5 Å². The van der Waals surface area contributed by atoms with Crippen molar-refractivity contribution in [3.8, 4) is 17.4 Å². The molecule has 1 aromatic carbocycles. The number of rotatable bonds is 6. The molecule has 2 aromatic rings. The van der Waals surface area contributed by atoms with Gasteiger partial charge in [-0.15, -0.1) is 0 Å². The van der Waals surface area contributed by atoms with Crippen molar-refractivity contribution in [3.63, 3.8) is 0 Å². The average Bonchev–Trinajstić information content (AvgIpc) is 2.61. The number of hydrogen-bond donors (Lipinski definition) is 0. The number of benzene rings is 1. The van der Waals surface area contributed by atoms with Gasteiger partial charge in [0, 0.05) is 13.1 Å². The van der Waals surface area contributed by atoms with Crippen LogP contribution in [0.2, 0.25) is 0 Å². The van der Waals surface area contributed by atoms with Crippen molar-refractivity contribution in [3.05, 3.63) is 40.7 Å². The highest BCUT2D eigenvalue weighted by Crippen LogP contribution is 2.39. The Morgan fingerprint density at radius 2 is 1.82 bits per heavy atom. The van der Waals surface area contributed by atoms with Gasteiger partial charge in [-0.05, 0) is 39.8 Å². The summed E-state index contributed by atoms with van der Waals surface area (Å²) in [7, 11) is 0. The molecule has 0 amide bonds. The Balaban J connectivity index is 1.98. The lowest BCUT2D eigenvalue weighted by Gasteiger charge is -2.35. The zero-order valence-corrected chi connectivity index (χ0v) is 16.4. The normalized spacial score (nSPS) is 19.5. The van der Waals surface area contributed by atoms with Crippen LogP contribution in [0, 0.1) is 10.1 Å². The quantitative estimate of drug-likeness (QED) is 0.547. The Bertz CT molecular complexity index is 835. The number of morpholine rings is 1. The second-order valence-corrected chi connectivity index (χ2v) is 6.99. The summed E-state index contributed by atoms with van der Waals surface area (Å²) < 4.78 is 17.3. The molecule has 2 unspecified atom stereocenters. The summed E-state index contributed by atoms with van der Waals surface area (Å²) in [5, 5.41) is 11.9. The Morgan fingerprint density at radius 1 is 1.18 bits per heavy atom. The summed E-state index contributed by atoms with van der Waals surface area (Å²) in [4.78, 5) is 21.4. The van der Waals surface area contributed by atoms with Crippen LogP contribution in [0.5, 0.6) is 17.4 Å². The topological polar surface area (TPSA) is 99.9 Å². The number of hydrogen-bond acceptors (Lipinski definition) is 8. The first kappa shape index (κ1) is 19.8. The predicted octanol–water partition coefficient (Wildman–Crippen LogP) is 3.58. The van der Waals surface area contributed by atoms with Gasteiger partial charge in [0.05, 0.1) is 23.2 Å². The molecule has 0 N–H and O–H groups in total. The maximum Gasteiger partial charge on any atom is 0.373 e. The van der Waals surface area contributed by atoms with Crippen LogP contribution >= 0.6 is 0 Å². The monoisotopic (exact) mass is 388 g/mol. The van der Waals surface area contributed by atoms with Crippen LogP contribution < -0.4 is 14.4 Å². The first-order valence-electron chi connectivity index (χ1n) is 9.18. The SMILES string of the molecule is CC(C)Oc1ccccc1Oc1ncnc(N2CC(C)OC(C)C2)c1[N+](=O)[O-]. The van der Waals surface area contributed by atoms with Crippen molar-refractivity contribution < 1.29 is 19.1 Å². The van der Waals surface area contributed by atoms with Crippen molar-refractivity contribution in [1.82, 2.24) is 9.97 Å². The molecule has 150 valence electrons. The maximum absolute atomic E-state index is 11.9. The largest absolute Gasteiger partial charge is 0.487 e. The molecule has 28 heavy (non-hydrogen) atoms. The molecular weight excluding hydrogens is 364 g/mol. The van der Waals surface area contributed by atoms with Crippen LogP contribution in [0.1, 0.15) is 27.7 Å². The minimum atomic E-state index is -0.513. The summed E-state index contributed by atoms with van der Waals surface area (Å²) in [5.74, 6) is 0.939. The molecule has 1 aliphatic rings. The lowest BCUT2D eigenvalue weighted by Crippen LogP contribution is -2.46. The van der Waals surface area contributed by atoms with Crippen LogP contribution in [-0.2, 0) is 4.74 Å². The van der Waals surface area contributed by atoms with Crippen molar-refractivity contribution in [1.29, 1.82) is 0 Å². The molecule has 0 saturated carbocycles. The number of para-hydroxylation sites is 2. The molecule has 0 aliphatic carbocycles. The Kier molecular flexibility index (Phi) is 5.93. The lowest BCUT2D eigenvalue weighted by molar-refractivity contribution is -0.385. The molecule has 3 rings (SSSR count). The van der Waals surface area contributed by atoms with Gasteiger partial charge in [-0.3, -0.25) is 10.1 Å². The average molecular weight is 388 g/mol. The molecule has 9 nitrogen and oxygen atoms in total. The van der Waals surface area contributed by atoms with E-state index < -0.39 is 4.92 Å². The van der Waals surface area contributed by atoms with Crippen LogP contribution in [0.4, 0.5) is 11.5 Å². The Labute approximate surface area is 163 Å². The molecule has 2 atom stereocenters. The summed E-state index contributed by atoms with van der Waals surface area (Å²) in [6, 6.07) is 7.00. The van der Waals surface area contributed by atoms with E-state index in [0.29, 0.717) is 24.6 Å². The minimum absolute atomic E-state index is 0.0668. The number of anilines is 1. The van der Waals surface area contributed by atoms with Gasteiger partial charge in [-0.1, -0.05) is 12.1 Å². The summed E-state index contributed by atoms with van der Waals surface area (Å²) in [6.45, 7) is 8.62. The standard InChI is InChI=1S/C19H24N4O5/c1-12(2)26-15-7-5-6-8-16(15)28-19-17(23(24)25)18(20-11-21-19)22-9-13(3)27-14(4)10-22/h5-8,11-14H,9-10H2,1-4H3. The first-order chi connectivity index (χ1) is 13.3. The molecular formula is C19H24N4O5. The Morgan fingerprint density at radius 3 is 2.43 bits per heavy atom. The third-order valence-corrected chi connectivity index (χ3v) is 4.09. The van der Waals surface area contributed by atoms with Gasteiger partial charge in [0.1, 0.15) is 6.33 Å². The second-order valence-electron chi connectivity index (χ2n) is 6.99. The van der Waals surface area contributed by atoms with E-state index in [2.05, 4.69) is 9.97 Å². The van der Waals surface area contributed by atoms with Gasteiger partial charge < -0.3 is 19.1 Å². The molecule has 0 spiro atoms. The highest BCUT2D eigenvalue weighted by Gasteiger charge is 2.33. The molecule has 1 saturated heterocycles. The van der Waals surface area contributed by atoms with Crippen molar-refractivity contribution in [2.75, 3.05) is 18.0 Å². The van der Waals surface area contributed by atoms with Crippen LogP contribution in [-0.4, -0.2) is 46.3 Å². The van der Waals surface area contributed by atoms with E-state index in [1.54, 1.807) is 24.3 Å². The van der Waals surface area contributed by atoms with E-state index in [0.717, 1.165) is 0 Å². The number of ether oxygens (including phenoxy) is 3. The van der Waals surface area contributed by atoms with Crippen molar-refractivity contribution in [2.45, 2.75) is 46.0 Å². The molecule has 1 aromatic heterocycles. The fraction of sp³-hybridized carbons (Fsp3) is 0.474. The predicted molar refractivity (Wildman–Crippen MR) is 103 cm³/mol. The zero-order chi connectivity index (χ0) is 20.3. The molecule has 0 bridgehead atoms. The van der Waals surface area contributed by atoms with Crippen LogP contribution in [0.3, 0.4) is 0 Å². The van der Waals surface area contributed by atoms with Crippen molar-refractivity contribution in [2.24, 2.45) is 0 Å². The smallest absolute Gasteiger partial charge is 0.373 e. The molecule has 1 fully saturated rings. The van der Waals surface area contributed by atoms with Gasteiger partial charge in [-0.2, -0.15) is 4.98 Å². The van der Waals surface area contributed by atoms with Gasteiger partial charge >= 0.3 is 11.6 Å². The fourth-order valence-electron chi connectivity index (χ4n) is 3.16. The van der Waals surface area contributed by atoms with Crippen LogP contribution in [0.15, 0.2) is 30.6 Å². The van der Waals surface area contributed by atoms with Crippen LogP contribution in [0.25, 0.3) is 0 Å². The number of nitrogens with zero attached hydrogens (tertiary/aromatic N) is 4. The summed E-state index contributed by atoms with van der Waals surface area (Å²) in [5.41, 5.74) is -0.275. The van der Waals surface area contributed by atoms with E-state index in [1.165, 1.54) is 6.33 Å². The summed E-state index contributed by atoms with van der Waals surface area (Å²) >= 11 is 0. The van der Waals surface area contributed by atoms with E-state index in [9.17, 15) is 10.1 Å². The third kappa shape index (κ3) is 4.48. The van der Waals surface area contributed by atoms with Gasteiger partial charge in [0.2, 0.25) is 5.82 Å². The second kappa shape index (κ2) is 8.39. The third-order valence-electron chi connectivity index (χ3n) is 4.09. The summed E-state index contributed by atoms with van der Waals surface area (Å²) in [6.07, 6.45) is 1.07. The highest BCUT2D eigenvalue weighted by atomic mass is 16.6. The molecule has 1 aliphatic heterocycles. The lowest BCUT2D eigenvalue weighted by atomic mass is 10.2. The number of nitro groups is 1. The molecule has 0 radical (unpaired) electrons. The van der Waals surface area contributed by atoms with E-state index in [4.69, 9.17) is 14.2 Å².